The monoisotopic (exact) mass is 656 g/mol. The second-order valence-corrected chi connectivity index (χ2v) is 12.4. The first-order valence-electron chi connectivity index (χ1n) is 13.7. The van der Waals surface area contributed by atoms with E-state index in [0.717, 1.165) is 22.8 Å². The molecule has 0 fully saturated rings. The predicted octanol–water partition coefficient (Wildman–Crippen LogP) is 5.15. The summed E-state index contributed by atoms with van der Waals surface area (Å²) in [7, 11) is -2.93. The summed E-state index contributed by atoms with van der Waals surface area (Å²) in [6, 6.07) is 20.3. The van der Waals surface area contributed by atoms with Gasteiger partial charge in [0.1, 0.15) is 5.69 Å². The summed E-state index contributed by atoms with van der Waals surface area (Å²) in [5, 5.41) is 24.9. The molecule has 1 atom stereocenters. The molecule has 1 N–H and O–H groups in total. The lowest BCUT2D eigenvalue weighted by Gasteiger charge is -2.18. The molecule has 0 aliphatic rings. The fourth-order valence-electron chi connectivity index (χ4n) is 4.75. The Balaban J connectivity index is 1.60. The smallest absolute Gasteiger partial charge is 0.346 e. The second-order valence-electron chi connectivity index (χ2n) is 10.2. The van der Waals surface area contributed by atoms with E-state index >= 15 is 0 Å². The van der Waals surface area contributed by atoms with E-state index in [-0.39, 0.29) is 23.6 Å². The van der Waals surface area contributed by atoms with Crippen LogP contribution in [0.5, 0.6) is 0 Å². The third-order valence-corrected chi connectivity index (χ3v) is 8.69. The SMILES string of the molecule is Cc1c(-c2ccnn2-c2ccc(C#N)cc2)nc(C(=O)NCc2ccc(S(C)(=O)=NC#N)cc2)c(=O)n1-c1cccc(C(F)(F)F)c1. The van der Waals surface area contributed by atoms with E-state index < -0.39 is 38.6 Å². The number of alkyl halides is 3. The first-order chi connectivity index (χ1) is 22.3. The van der Waals surface area contributed by atoms with Gasteiger partial charge in [0.05, 0.1) is 50.2 Å². The van der Waals surface area contributed by atoms with Crippen LogP contribution in [0.15, 0.2) is 99.1 Å². The van der Waals surface area contributed by atoms with Crippen LogP contribution in [0, 0.1) is 29.7 Å². The standard InChI is InChI=1S/C32H23F3N8O3S/c1-20-28(27-14-15-39-43(27)24-10-6-21(17-36)7-11-24)41-29(31(45)42(20)25-5-3-4-23(16-25)32(33,34)35)30(44)38-18-22-8-12-26(13-9-22)47(2,46)40-19-37/h3-16H,18H2,1-2H3,(H,38,44). The summed E-state index contributed by atoms with van der Waals surface area (Å²) in [5.74, 6) is -0.899. The van der Waals surface area contributed by atoms with Crippen molar-refractivity contribution in [2.45, 2.75) is 24.5 Å². The number of hydrogen-bond donors (Lipinski definition) is 1. The molecule has 236 valence electrons. The summed E-state index contributed by atoms with van der Waals surface area (Å²) in [5.41, 5.74) is -0.620. The molecule has 0 aliphatic carbocycles. The molecule has 0 spiro atoms. The van der Waals surface area contributed by atoms with Crippen LogP contribution in [-0.4, -0.2) is 35.7 Å². The highest BCUT2D eigenvalue weighted by molar-refractivity contribution is 7.93. The second kappa shape index (κ2) is 12.7. The molecule has 0 saturated carbocycles. The van der Waals surface area contributed by atoms with Crippen molar-refractivity contribution in [3.63, 3.8) is 0 Å². The zero-order valence-electron chi connectivity index (χ0n) is 24.7. The van der Waals surface area contributed by atoms with Gasteiger partial charge < -0.3 is 5.32 Å². The van der Waals surface area contributed by atoms with Gasteiger partial charge in [-0.25, -0.2) is 13.9 Å². The van der Waals surface area contributed by atoms with Crippen molar-refractivity contribution in [3.05, 3.63) is 123 Å². The highest BCUT2D eigenvalue weighted by atomic mass is 32.2. The van der Waals surface area contributed by atoms with Gasteiger partial charge >= 0.3 is 6.18 Å². The number of amides is 1. The van der Waals surface area contributed by atoms with E-state index in [0.29, 0.717) is 27.4 Å². The number of carbonyl (C=O) groups is 1. The maximum atomic E-state index is 13.8. The molecule has 2 aromatic heterocycles. The highest BCUT2D eigenvalue weighted by Crippen LogP contribution is 2.31. The summed E-state index contributed by atoms with van der Waals surface area (Å²) in [6.45, 7) is 1.41. The van der Waals surface area contributed by atoms with Crippen molar-refractivity contribution in [3.8, 4) is 35.0 Å². The lowest BCUT2D eigenvalue weighted by atomic mass is 10.1. The van der Waals surface area contributed by atoms with Gasteiger partial charge in [-0.05, 0) is 73.2 Å². The minimum atomic E-state index is -4.69. The van der Waals surface area contributed by atoms with Crippen LogP contribution in [0.1, 0.15) is 32.9 Å². The minimum Gasteiger partial charge on any atom is -0.346 e. The van der Waals surface area contributed by atoms with E-state index in [4.69, 9.17) is 5.26 Å². The molecular formula is C32H23F3N8O3S. The van der Waals surface area contributed by atoms with Gasteiger partial charge in [-0.3, -0.25) is 14.2 Å². The Hall–Kier alpha value is -6.06. The number of nitriles is 2. The highest BCUT2D eigenvalue weighted by Gasteiger charge is 2.31. The molecule has 0 saturated heterocycles. The van der Waals surface area contributed by atoms with Gasteiger partial charge in [-0.2, -0.15) is 28.8 Å². The largest absolute Gasteiger partial charge is 0.416 e. The number of hydrogen-bond acceptors (Lipinski definition) is 8. The lowest BCUT2D eigenvalue weighted by molar-refractivity contribution is -0.137. The van der Waals surface area contributed by atoms with Gasteiger partial charge in [-0.15, -0.1) is 4.36 Å². The number of aromatic nitrogens is 4. The third kappa shape index (κ3) is 6.66. The van der Waals surface area contributed by atoms with Gasteiger partial charge in [0.2, 0.25) is 6.19 Å². The Bertz CT molecular complexity index is 2270. The van der Waals surface area contributed by atoms with Crippen molar-refractivity contribution in [2.24, 2.45) is 4.36 Å². The molecule has 0 radical (unpaired) electrons. The van der Waals surface area contributed by atoms with E-state index in [1.54, 1.807) is 42.5 Å². The van der Waals surface area contributed by atoms with Crippen LogP contribution in [0.2, 0.25) is 0 Å². The Kier molecular flexibility index (Phi) is 8.77. The zero-order valence-corrected chi connectivity index (χ0v) is 25.5. The molecule has 15 heteroatoms. The molecular weight excluding hydrogens is 633 g/mol. The molecule has 3 aromatic carbocycles. The number of nitrogens with zero attached hydrogens (tertiary/aromatic N) is 7. The first-order valence-corrected chi connectivity index (χ1v) is 15.6. The van der Waals surface area contributed by atoms with Crippen LogP contribution < -0.4 is 10.9 Å². The molecule has 5 aromatic rings. The Morgan fingerprint density at radius 2 is 1.72 bits per heavy atom. The maximum Gasteiger partial charge on any atom is 0.416 e. The summed E-state index contributed by atoms with van der Waals surface area (Å²) in [4.78, 5) is 32.0. The van der Waals surface area contributed by atoms with Crippen LogP contribution in [0.3, 0.4) is 0 Å². The van der Waals surface area contributed by atoms with Crippen molar-refractivity contribution in [2.75, 3.05) is 6.26 Å². The van der Waals surface area contributed by atoms with Crippen LogP contribution in [-0.2, 0) is 22.5 Å². The number of rotatable bonds is 7. The van der Waals surface area contributed by atoms with Crippen LogP contribution in [0.25, 0.3) is 22.8 Å². The van der Waals surface area contributed by atoms with Gasteiger partial charge in [0, 0.05) is 23.4 Å². The van der Waals surface area contributed by atoms with E-state index in [2.05, 4.69) is 19.8 Å². The van der Waals surface area contributed by atoms with Crippen LogP contribution in [0.4, 0.5) is 13.2 Å². The summed E-state index contributed by atoms with van der Waals surface area (Å²) in [6.07, 6.45) is -0.394. The van der Waals surface area contributed by atoms with E-state index in [1.165, 1.54) is 48.5 Å². The van der Waals surface area contributed by atoms with Gasteiger partial charge in [-0.1, -0.05) is 18.2 Å². The average Bonchev–Trinajstić information content (AvgIpc) is 3.53. The molecule has 1 unspecified atom stereocenters. The molecule has 1 amide bonds. The quantitative estimate of drug-likeness (QED) is 0.237. The fourth-order valence-corrected chi connectivity index (χ4v) is 5.65. The number of benzene rings is 3. The Morgan fingerprint density at radius 1 is 1.02 bits per heavy atom. The third-order valence-electron chi connectivity index (χ3n) is 7.11. The van der Waals surface area contributed by atoms with Crippen molar-refractivity contribution < 1.29 is 22.2 Å². The van der Waals surface area contributed by atoms with E-state index in [9.17, 15) is 32.2 Å². The predicted molar refractivity (Wildman–Crippen MR) is 165 cm³/mol. The van der Waals surface area contributed by atoms with Crippen molar-refractivity contribution >= 4 is 15.6 Å². The van der Waals surface area contributed by atoms with Gasteiger partial charge in [0.25, 0.3) is 11.5 Å². The minimum absolute atomic E-state index is 0.0868. The molecule has 0 aliphatic heterocycles. The number of halogens is 3. The molecule has 11 nitrogen and oxygen atoms in total. The van der Waals surface area contributed by atoms with Gasteiger partial charge in [0.15, 0.2) is 5.69 Å². The number of carbonyl (C=O) groups excluding carboxylic acids is 1. The lowest BCUT2D eigenvalue weighted by Crippen LogP contribution is -2.35. The Morgan fingerprint density at radius 3 is 2.36 bits per heavy atom. The molecule has 47 heavy (non-hydrogen) atoms. The zero-order chi connectivity index (χ0) is 33.9. The van der Waals surface area contributed by atoms with Crippen molar-refractivity contribution in [1.29, 1.82) is 10.5 Å². The summed E-state index contributed by atoms with van der Waals surface area (Å²) >= 11 is 0. The topological polar surface area (TPSA) is 159 Å². The van der Waals surface area contributed by atoms with Crippen molar-refractivity contribution in [1.82, 2.24) is 24.6 Å². The maximum absolute atomic E-state index is 13.8. The fraction of sp³-hybridized carbons (Fsp3) is 0.125. The van der Waals surface area contributed by atoms with Crippen LogP contribution >= 0.6 is 0 Å². The molecule has 0 bridgehead atoms. The Labute approximate surface area is 266 Å². The normalized spacial score (nSPS) is 12.4. The summed E-state index contributed by atoms with van der Waals surface area (Å²) < 4.78 is 59.4. The molecule has 5 rings (SSSR count). The average molecular weight is 657 g/mol. The first kappa shape index (κ1) is 32.3. The van der Waals surface area contributed by atoms with E-state index in [1.807, 2.05) is 6.07 Å². The number of nitrogens with one attached hydrogen (secondary N) is 1. The molecule has 2 heterocycles.